The number of benzene rings is 1. The van der Waals surface area contributed by atoms with Crippen molar-refractivity contribution in [2.75, 3.05) is 6.54 Å². The molecule has 0 saturated heterocycles. The number of carbonyl (C=O) groups is 1. The standard InChI is InChI=1S/C15H18N4O/c1-11-18-12-6-4-5-7-13(12)19(11)9-8-17-14(20)15(2,3)10-16/h4-7H,8-9H2,1-3H3,(H,17,20). The van der Waals surface area contributed by atoms with Crippen LogP contribution in [0, 0.1) is 23.7 Å². The third kappa shape index (κ3) is 2.64. The Balaban J connectivity index is 2.06. The summed E-state index contributed by atoms with van der Waals surface area (Å²) in [4.78, 5) is 16.3. The Morgan fingerprint density at radius 2 is 2.15 bits per heavy atom. The molecule has 0 atom stereocenters. The van der Waals surface area contributed by atoms with E-state index >= 15 is 0 Å². The number of nitrogens with zero attached hydrogens (tertiary/aromatic N) is 3. The second kappa shape index (κ2) is 5.33. The first-order valence-electron chi connectivity index (χ1n) is 6.57. The molecular weight excluding hydrogens is 252 g/mol. The van der Waals surface area contributed by atoms with Crippen LogP contribution in [0.1, 0.15) is 19.7 Å². The van der Waals surface area contributed by atoms with Crippen molar-refractivity contribution in [1.82, 2.24) is 14.9 Å². The van der Waals surface area contributed by atoms with Crippen LogP contribution in [0.25, 0.3) is 11.0 Å². The van der Waals surface area contributed by atoms with E-state index in [-0.39, 0.29) is 5.91 Å². The van der Waals surface area contributed by atoms with Gasteiger partial charge in [0.05, 0.1) is 17.1 Å². The van der Waals surface area contributed by atoms with Crippen molar-refractivity contribution >= 4 is 16.9 Å². The lowest BCUT2D eigenvalue weighted by Gasteiger charge is -2.15. The normalized spacial score (nSPS) is 11.3. The number of para-hydroxylation sites is 2. The number of fused-ring (bicyclic) bond motifs is 1. The van der Waals surface area contributed by atoms with Crippen molar-refractivity contribution in [3.8, 4) is 6.07 Å². The second-order valence-electron chi connectivity index (χ2n) is 5.29. The molecule has 1 heterocycles. The number of carbonyl (C=O) groups excluding carboxylic acids is 1. The predicted octanol–water partition coefficient (Wildman–Crippen LogP) is 2.01. The number of hydrogen-bond donors (Lipinski definition) is 1. The van der Waals surface area contributed by atoms with Crippen LogP contribution in [-0.2, 0) is 11.3 Å². The molecule has 1 aromatic carbocycles. The van der Waals surface area contributed by atoms with Gasteiger partial charge in [-0.1, -0.05) is 12.1 Å². The summed E-state index contributed by atoms with van der Waals surface area (Å²) in [7, 11) is 0. The Bertz CT molecular complexity index is 679. The van der Waals surface area contributed by atoms with Crippen molar-refractivity contribution in [2.45, 2.75) is 27.3 Å². The van der Waals surface area contributed by atoms with E-state index in [4.69, 9.17) is 5.26 Å². The van der Waals surface area contributed by atoms with Crippen molar-refractivity contribution in [3.05, 3.63) is 30.1 Å². The number of aromatic nitrogens is 2. The van der Waals surface area contributed by atoms with E-state index in [2.05, 4.69) is 14.9 Å². The van der Waals surface area contributed by atoms with Crippen LogP contribution in [0.5, 0.6) is 0 Å². The fraction of sp³-hybridized carbons (Fsp3) is 0.400. The van der Waals surface area contributed by atoms with Crippen LogP contribution in [-0.4, -0.2) is 22.0 Å². The number of nitrogens with one attached hydrogen (secondary N) is 1. The lowest BCUT2D eigenvalue weighted by molar-refractivity contribution is -0.126. The van der Waals surface area contributed by atoms with Crippen molar-refractivity contribution in [1.29, 1.82) is 5.26 Å². The highest BCUT2D eigenvalue weighted by Gasteiger charge is 2.26. The monoisotopic (exact) mass is 270 g/mol. The van der Waals surface area contributed by atoms with Crippen LogP contribution in [0.4, 0.5) is 0 Å². The number of nitriles is 1. The third-order valence-corrected chi connectivity index (χ3v) is 3.31. The van der Waals surface area contributed by atoms with Gasteiger partial charge in [-0.05, 0) is 32.9 Å². The van der Waals surface area contributed by atoms with E-state index in [9.17, 15) is 4.79 Å². The maximum absolute atomic E-state index is 11.8. The lowest BCUT2D eigenvalue weighted by atomic mass is 9.95. The Hall–Kier alpha value is -2.35. The first kappa shape index (κ1) is 14.1. The van der Waals surface area contributed by atoms with E-state index < -0.39 is 5.41 Å². The van der Waals surface area contributed by atoms with E-state index in [0.717, 1.165) is 16.9 Å². The molecule has 0 bridgehead atoms. The summed E-state index contributed by atoms with van der Waals surface area (Å²) in [5.41, 5.74) is 1.01. The molecule has 0 aliphatic heterocycles. The quantitative estimate of drug-likeness (QED) is 0.923. The Kier molecular flexibility index (Phi) is 3.75. The zero-order valence-electron chi connectivity index (χ0n) is 12.0. The zero-order chi connectivity index (χ0) is 14.8. The molecule has 5 nitrogen and oxygen atoms in total. The van der Waals surface area contributed by atoms with Gasteiger partial charge in [-0.15, -0.1) is 0 Å². The highest BCUT2D eigenvalue weighted by atomic mass is 16.2. The molecule has 20 heavy (non-hydrogen) atoms. The molecule has 0 fully saturated rings. The summed E-state index contributed by atoms with van der Waals surface area (Å²) in [6.07, 6.45) is 0. The third-order valence-electron chi connectivity index (χ3n) is 3.31. The van der Waals surface area contributed by atoms with E-state index in [1.54, 1.807) is 13.8 Å². The summed E-state index contributed by atoms with van der Waals surface area (Å²) in [5.74, 6) is 0.669. The van der Waals surface area contributed by atoms with Crippen LogP contribution in [0.15, 0.2) is 24.3 Å². The maximum atomic E-state index is 11.8. The number of aryl methyl sites for hydroxylation is 1. The SMILES string of the molecule is Cc1nc2ccccc2n1CCNC(=O)C(C)(C)C#N. The number of hydrogen-bond acceptors (Lipinski definition) is 3. The highest BCUT2D eigenvalue weighted by molar-refractivity contribution is 5.84. The molecule has 1 amide bonds. The largest absolute Gasteiger partial charge is 0.353 e. The fourth-order valence-corrected chi connectivity index (χ4v) is 2.03. The Morgan fingerprint density at radius 3 is 2.85 bits per heavy atom. The minimum Gasteiger partial charge on any atom is -0.353 e. The molecule has 104 valence electrons. The molecule has 1 aromatic heterocycles. The average Bonchev–Trinajstić information content (AvgIpc) is 2.75. The molecule has 0 aliphatic rings. The van der Waals surface area contributed by atoms with Crippen molar-refractivity contribution in [2.24, 2.45) is 5.41 Å². The van der Waals surface area contributed by atoms with E-state index in [0.29, 0.717) is 13.1 Å². The topological polar surface area (TPSA) is 70.7 Å². The Labute approximate surface area is 118 Å². The van der Waals surface area contributed by atoms with Gasteiger partial charge in [0, 0.05) is 13.1 Å². The van der Waals surface area contributed by atoms with Gasteiger partial charge in [-0.25, -0.2) is 4.98 Å². The molecule has 0 unspecified atom stereocenters. The van der Waals surface area contributed by atoms with E-state index in [1.807, 2.05) is 37.3 Å². The minimum atomic E-state index is -0.994. The van der Waals surface area contributed by atoms with Crippen LogP contribution < -0.4 is 5.32 Å². The van der Waals surface area contributed by atoms with Crippen molar-refractivity contribution < 1.29 is 4.79 Å². The van der Waals surface area contributed by atoms with Crippen LogP contribution in [0.3, 0.4) is 0 Å². The van der Waals surface area contributed by atoms with Gasteiger partial charge in [0.25, 0.3) is 0 Å². The zero-order valence-corrected chi connectivity index (χ0v) is 12.0. The van der Waals surface area contributed by atoms with Gasteiger partial charge in [-0.2, -0.15) is 5.26 Å². The predicted molar refractivity (Wildman–Crippen MR) is 76.9 cm³/mol. The smallest absolute Gasteiger partial charge is 0.239 e. The molecule has 2 rings (SSSR count). The van der Waals surface area contributed by atoms with E-state index in [1.165, 1.54) is 0 Å². The molecular formula is C15H18N4O. The number of imidazole rings is 1. The average molecular weight is 270 g/mol. The molecule has 0 spiro atoms. The summed E-state index contributed by atoms with van der Waals surface area (Å²) in [5, 5.41) is 11.7. The maximum Gasteiger partial charge on any atom is 0.239 e. The van der Waals surface area contributed by atoms with Gasteiger partial charge in [0.1, 0.15) is 11.2 Å². The summed E-state index contributed by atoms with van der Waals surface area (Å²) in [6.45, 7) is 6.28. The van der Waals surface area contributed by atoms with Gasteiger partial charge in [0.15, 0.2) is 0 Å². The van der Waals surface area contributed by atoms with Gasteiger partial charge < -0.3 is 9.88 Å². The highest BCUT2D eigenvalue weighted by Crippen LogP contribution is 2.15. The first-order chi connectivity index (χ1) is 9.45. The van der Waals surface area contributed by atoms with Crippen LogP contribution >= 0.6 is 0 Å². The number of amides is 1. The summed E-state index contributed by atoms with van der Waals surface area (Å²) in [6, 6.07) is 9.90. The van der Waals surface area contributed by atoms with Crippen molar-refractivity contribution in [3.63, 3.8) is 0 Å². The Morgan fingerprint density at radius 1 is 1.45 bits per heavy atom. The molecule has 2 aromatic rings. The number of rotatable bonds is 4. The minimum absolute atomic E-state index is 0.248. The molecule has 0 aliphatic carbocycles. The second-order valence-corrected chi connectivity index (χ2v) is 5.29. The van der Waals surface area contributed by atoms with Crippen LogP contribution in [0.2, 0.25) is 0 Å². The first-order valence-corrected chi connectivity index (χ1v) is 6.57. The fourth-order valence-electron chi connectivity index (χ4n) is 2.03. The van der Waals surface area contributed by atoms with Gasteiger partial charge in [-0.3, -0.25) is 4.79 Å². The molecule has 0 saturated carbocycles. The van der Waals surface area contributed by atoms with Gasteiger partial charge in [0.2, 0.25) is 5.91 Å². The van der Waals surface area contributed by atoms with Gasteiger partial charge >= 0.3 is 0 Å². The lowest BCUT2D eigenvalue weighted by Crippen LogP contribution is -2.37. The molecule has 5 heteroatoms. The molecule has 1 N–H and O–H groups in total. The summed E-state index contributed by atoms with van der Waals surface area (Å²) < 4.78 is 2.06. The molecule has 0 radical (unpaired) electrons. The summed E-state index contributed by atoms with van der Waals surface area (Å²) >= 11 is 0.